The minimum absolute atomic E-state index is 0.0318. The summed E-state index contributed by atoms with van der Waals surface area (Å²) in [7, 11) is 0. The van der Waals surface area contributed by atoms with Gasteiger partial charge in [0.05, 0.1) is 4.47 Å². The maximum Gasteiger partial charge on any atom is 0.145 e. The van der Waals surface area contributed by atoms with Crippen molar-refractivity contribution in [1.29, 1.82) is 0 Å². The molecule has 2 aromatic carbocycles. The van der Waals surface area contributed by atoms with Gasteiger partial charge >= 0.3 is 0 Å². The molecule has 0 aliphatic heterocycles. The van der Waals surface area contributed by atoms with Crippen LogP contribution >= 0.6 is 31.9 Å². The number of hydrogen-bond donors (Lipinski definition) is 1. The van der Waals surface area contributed by atoms with Crippen molar-refractivity contribution in [3.05, 3.63) is 62.0 Å². The number of aryl methyl sites for hydroxylation is 1. The zero-order chi connectivity index (χ0) is 14.7. The lowest BCUT2D eigenvalue weighted by Crippen LogP contribution is -2.06. The van der Waals surface area contributed by atoms with Gasteiger partial charge in [-0.05, 0) is 58.2 Å². The molecule has 0 aromatic heterocycles. The van der Waals surface area contributed by atoms with Crippen LogP contribution < -0.4 is 5.32 Å². The van der Waals surface area contributed by atoms with Crippen LogP contribution in [0.4, 0.5) is 14.5 Å². The number of benzene rings is 2. The molecule has 5 heteroatoms. The number of rotatable bonds is 4. The Balaban J connectivity index is 2.23. The van der Waals surface area contributed by atoms with Crippen molar-refractivity contribution in [2.75, 3.05) is 5.32 Å². The van der Waals surface area contributed by atoms with Gasteiger partial charge in [-0.25, -0.2) is 8.78 Å². The largest absolute Gasteiger partial charge is 0.381 e. The van der Waals surface area contributed by atoms with E-state index in [1.165, 1.54) is 12.1 Å². The van der Waals surface area contributed by atoms with E-state index in [1.807, 2.05) is 25.1 Å². The summed E-state index contributed by atoms with van der Waals surface area (Å²) in [6.45, 7) is 2.14. The first-order valence-corrected chi connectivity index (χ1v) is 7.76. The Labute approximate surface area is 133 Å². The predicted molar refractivity (Wildman–Crippen MR) is 84.9 cm³/mol. The average molecular weight is 405 g/mol. The number of nitrogens with one attached hydrogen (secondary N) is 1. The number of halogens is 4. The smallest absolute Gasteiger partial charge is 0.145 e. The van der Waals surface area contributed by atoms with Gasteiger partial charge in [0, 0.05) is 22.3 Å². The van der Waals surface area contributed by atoms with Gasteiger partial charge in [0.25, 0.3) is 0 Å². The standard InChI is InChI=1S/C15H13Br2F2N/c1-2-9-7-10(16)3-6-14(9)20-8-11-13(18)5-4-12(17)15(11)19/h3-7,20H,2,8H2,1H3. The minimum atomic E-state index is -0.562. The van der Waals surface area contributed by atoms with Crippen molar-refractivity contribution >= 4 is 37.5 Å². The molecule has 20 heavy (non-hydrogen) atoms. The first-order valence-electron chi connectivity index (χ1n) is 6.17. The van der Waals surface area contributed by atoms with Gasteiger partial charge < -0.3 is 5.32 Å². The molecule has 0 heterocycles. The highest BCUT2D eigenvalue weighted by Gasteiger charge is 2.12. The van der Waals surface area contributed by atoms with Crippen molar-refractivity contribution in [2.24, 2.45) is 0 Å². The molecule has 1 nitrogen and oxygen atoms in total. The third kappa shape index (κ3) is 3.38. The summed E-state index contributed by atoms with van der Waals surface area (Å²) in [4.78, 5) is 0. The van der Waals surface area contributed by atoms with E-state index in [0.29, 0.717) is 0 Å². The zero-order valence-corrected chi connectivity index (χ0v) is 14.0. The van der Waals surface area contributed by atoms with E-state index in [4.69, 9.17) is 0 Å². The summed E-state index contributed by atoms with van der Waals surface area (Å²) in [5.74, 6) is -1.11. The van der Waals surface area contributed by atoms with Crippen LogP contribution in [0.1, 0.15) is 18.1 Å². The fourth-order valence-corrected chi connectivity index (χ4v) is 2.72. The molecule has 0 radical (unpaired) electrons. The van der Waals surface area contributed by atoms with Gasteiger partial charge in [-0.1, -0.05) is 22.9 Å². The van der Waals surface area contributed by atoms with Crippen molar-refractivity contribution in [2.45, 2.75) is 19.9 Å². The molecule has 106 valence electrons. The summed E-state index contributed by atoms with van der Waals surface area (Å²) in [5, 5.41) is 3.09. The molecule has 0 saturated heterocycles. The third-order valence-electron chi connectivity index (χ3n) is 3.04. The molecule has 0 spiro atoms. The summed E-state index contributed by atoms with van der Waals surface area (Å²) in [5.41, 5.74) is 2.01. The molecule has 0 saturated carbocycles. The average Bonchev–Trinajstić information content (AvgIpc) is 2.44. The molecule has 1 N–H and O–H groups in total. The van der Waals surface area contributed by atoms with E-state index in [0.717, 1.165) is 22.1 Å². The zero-order valence-electron chi connectivity index (χ0n) is 10.8. The normalized spacial score (nSPS) is 10.7. The first-order chi connectivity index (χ1) is 9.52. The Bertz CT molecular complexity index is 630. The Hall–Kier alpha value is -0.940. The Morgan fingerprint density at radius 3 is 2.55 bits per heavy atom. The molecule has 0 aliphatic carbocycles. The summed E-state index contributed by atoms with van der Waals surface area (Å²) in [6, 6.07) is 8.42. The van der Waals surface area contributed by atoms with E-state index in [1.54, 1.807) is 0 Å². The van der Waals surface area contributed by atoms with E-state index >= 15 is 0 Å². The Morgan fingerprint density at radius 2 is 1.85 bits per heavy atom. The van der Waals surface area contributed by atoms with Crippen LogP contribution in [0.25, 0.3) is 0 Å². The molecule has 2 rings (SSSR count). The summed E-state index contributed by atoms with van der Waals surface area (Å²) < 4.78 is 28.8. The van der Waals surface area contributed by atoms with E-state index in [2.05, 4.69) is 37.2 Å². The lowest BCUT2D eigenvalue weighted by molar-refractivity contribution is 0.555. The molecule has 0 fully saturated rings. The van der Waals surface area contributed by atoms with Crippen LogP contribution in [0.15, 0.2) is 39.3 Å². The van der Waals surface area contributed by atoms with Crippen LogP contribution in [0, 0.1) is 11.6 Å². The summed E-state index contributed by atoms with van der Waals surface area (Å²) >= 11 is 6.48. The van der Waals surface area contributed by atoms with E-state index in [9.17, 15) is 8.78 Å². The van der Waals surface area contributed by atoms with Gasteiger partial charge in [0.2, 0.25) is 0 Å². The molecule has 2 aromatic rings. The van der Waals surface area contributed by atoms with Crippen molar-refractivity contribution in [3.63, 3.8) is 0 Å². The van der Waals surface area contributed by atoms with Gasteiger partial charge in [-0.15, -0.1) is 0 Å². The molecular formula is C15H13Br2F2N. The van der Waals surface area contributed by atoms with Gasteiger partial charge in [0.1, 0.15) is 11.6 Å². The second-order valence-corrected chi connectivity index (χ2v) is 6.10. The van der Waals surface area contributed by atoms with Crippen molar-refractivity contribution < 1.29 is 8.78 Å². The van der Waals surface area contributed by atoms with Gasteiger partial charge in [-0.2, -0.15) is 0 Å². The van der Waals surface area contributed by atoms with Crippen LogP contribution in [0.3, 0.4) is 0 Å². The van der Waals surface area contributed by atoms with Crippen LogP contribution in [-0.4, -0.2) is 0 Å². The highest BCUT2D eigenvalue weighted by atomic mass is 79.9. The monoisotopic (exact) mass is 403 g/mol. The predicted octanol–water partition coefficient (Wildman–Crippen LogP) is 5.66. The maximum atomic E-state index is 13.9. The SMILES string of the molecule is CCc1cc(Br)ccc1NCc1c(F)ccc(Br)c1F. The Kier molecular flexibility index (Phi) is 5.16. The molecule has 0 aliphatic rings. The van der Waals surface area contributed by atoms with Crippen molar-refractivity contribution in [3.8, 4) is 0 Å². The maximum absolute atomic E-state index is 13.9. The summed E-state index contributed by atoms with van der Waals surface area (Å²) in [6.07, 6.45) is 0.839. The fourth-order valence-electron chi connectivity index (χ4n) is 1.94. The van der Waals surface area contributed by atoms with Crippen molar-refractivity contribution in [1.82, 2.24) is 0 Å². The third-order valence-corrected chi connectivity index (χ3v) is 4.15. The topological polar surface area (TPSA) is 12.0 Å². The number of hydrogen-bond acceptors (Lipinski definition) is 1. The van der Waals surface area contributed by atoms with Gasteiger partial charge in [0.15, 0.2) is 0 Å². The highest BCUT2D eigenvalue weighted by Crippen LogP contribution is 2.25. The molecule has 0 unspecified atom stereocenters. The fraction of sp³-hybridized carbons (Fsp3) is 0.200. The first kappa shape index (κ1) is 15.4. The van der Waals surface area contributed by atoms with Crippen LogP contribution in [0.5, 0.6) is 0 Å². The second kappa shape index (κ2) is 6.68. The van der Waals surface area contributed by atoms with Crippen LogP contribution in [0.2, 0.25) is 0 Å². The lowest BCUT2D eigenvalue weighted by Gasteiger charge is -2.13. The molecule has 0 atom stereocenters. The van der Waals surface area contributed by atoms with Crippen LogP contribution in [-0.2, 0) is 13.0 Å². The number of anilines is 1. The quantitative estimate of drug-likeness (QED) is 0.648. The lowest BCUT2D eigenvalue weighted by atomic mass is 10.1. The second-order valence-electron chi connectivity index (χ2n) is 4.33. The van der Waals surface area contributed by atoms with Gasteiger partial charge in [-0.3, -0.25) is 0 Å². The molecule has 0 bridgehead atoms. The molecule has 0 amide bonds. The minimum Gasteiger partial charge on any atom is -0.381 e. The highest BCUT2D eigenvalue weighted by molar-refractivity contribution is 9.10. The molecular weight excluding hydrogens is 392 g/mol. The van der Waals surface area contributed by atoms with E-state index < -0.39 is 11.6 Å². The Morgan fingerprint density at radius 1 is 1.10 bits per heavy atom. The van der Waals surface area contributed by atoms with E-state index in [-0.39, 0.29) is 16.6 Å².